The molecule has 0 saturated heterocycles. The van der Waals surface area contributed by atoms with Crippen LogP contribution in [-0.4, -0.2) is 25.1 Å². The standard InChI is InChI=1S/C44H40N2.C25H30NO3P.C23H21NO.C4H9O.K/c1-33-9-21-39(22-10-33)45(40-23-11-34(2)12-24-40)43-29-17-37(18-30-43)7-5-6-8-38-19-31-44(32-20-38)46(41-25-13-35(3)14-26-41)42-27-15-36(4)16-28-42;1-5-28-30(27,29-6-2)19-22-11-17-25(18-12-22)26(23-13-7-20(3)8-14-23)24-15-9-21(4)10-16-24;1-18-5-11-21(12-6-18)24(22-13-7-19(2)8-14-22)23-15-9-20(10-16-23)4-3-17-25;1-4(2,3)5;/h5-32H,1-4H3;7-18H,5-6,19H2,1-4H3;3-17H,1-2H3;1-3H3;/q;;;-1;+1/b7-5+,8-6+;;4-3+;;. The molecule has 12 aromatic carbocycles. The molecular weight excluding hydrogens is 1360 g/mol. The van der Waals surface area contributed by atoms with Crippen LogP contribution in [0.3, 0.4) is 0 Å². The fourth-order valence-corrected chi connectivity index (χ4v) is 13.2. The van der Waals surface area contributed by atoms with Crippen LogP contribution in [0.25, 0.3) is 18.2 Å². The van der Waals surface area contributed by atoms with Gasteiger partial charge in [-0.3, -0.25) is 9.36 Å². The van der Waals surface area contributed by atoms with Crippen LogP contribution >= 0.6 is 7.60 Å². The smallest absolute Gasteiger partial charge is 0.850 e. The molecule has 0 radical (unpaired) electrons. The van der Waals surface area contributed by atoms with Crippen molar-refractivity contribution in [2.75, 3.05) is 32.8 Å². The second kappa shape index (κ2) is 41.0. The predicted molar refractivity (Wildman–Crippen MR) is 450 cm³/mol. The van der Waals surface area contributed by atoms with Gasteiger partial charge in [0.25, 0.3) is 0 Å². The third-order valence-electron chi connectivity index (χ3n) is 17.1. The van der Waals surface area contributed by atoms with Gasteiger partial charge in [0.2, 0.25) is 0 Å². The number of aldehydes is 1. The van der Waals surface area contributed by atoms with Crippen LogP contribution in [0.1, 0.15) is 101 Å². The molecule has 0 aliphatic heterocycles. The van der Waals surface area contributed by atoms with E-state index in [4.69, 9.17) is 9.05 Å². The van der Waals surface area contributed by atoms with Crippen molar-refractivity contribution < 1.29 is 74.9 Å². The van der Waals surface area contributed by atoms with Gasteiger partial charge in [0.15, 0.2) is 0 Å². The molecule has 0 aromatic heterocycles. The monoisotopic (exact) mass is 1460 g/mol. The first-order valence-electron chi connectivity index (χ1n) is 36.2. The number of allylic oxidation sites excluding steroid dienone is 3. The molecule has 0 atom stereocenters. The molecule has 0 spiro atoms. The quantitative estimate of drug-likeness (QED) is 0.0204. The molecule has 540 valence electrons. The number of hydrogen-bond donors (Lipinski definition) is 0. The van der Waals surface area contributed by atoms with Gasteiger partial charge in [-0.05, 0) is 243 Å². The summed E-state index contributed by atoms with van der Waals surface area (Å²) in [4.78, 5) is 19.5. The van der Waals surface area contributed by atoms with E-state index in [2.05, 4.69) is 366 Å². The van der Waals surface area contributed by atoms with Crippen molar-refractivity contribution in [2.45, 2.75) is 102 Å². The molecular formula is C96H100KN4O5P. The summed E-state index contributed by atoms with van der Waals surface area (Å²) in [7, 11) is -3.12. The van der Waals surface area contributed by atoms with Gasteiger partial charge in [0.1, 0.15) is 6.29 Å². The van der Waals surface area contributed by atoms with Crippen molar-refractivity contribution in [1.29, 1.82) is 0 Å². The maximum Gasteiger partial charge on any atom is 1.00 e. The third-order valence-corrected chi connectivity index (χ3v) is 19.1. The zero-order valence-corrected chi connectivity index (χ0v) is 68.7. The van der Waals surface area contributed by atoms with Gasteiger partial charge < -0.3 is 33.8 Å². The van der Waals surface area contributed by atoms with Gasteiger partial charge in [-0.25, -0.2) is 0 Å². The largest absolute Gasteiger partial charge is 1.00 e. The van der Waals surface area contributed by atoms with E-state index < -0.39 is 13.2 Å². The summed E-state index contributed by atoms with van der Waals surface area (Å²) >= 11 is 0. The van der Waals surface area contributed by atoms with Crippen LogP contribution in [0.2, 0.25) is 0 Å². The van der Waals surface area contributed by atoms with Crippen molar-refractivity contribution >= 4 is 100 Å². The van der Waals surface area contributed by atoms with Gasteiger partial charge in [-0.1, -0.05) is 241 Å². The molecule has 0 amide bonds. The molecule has 0 heterocycles. The summed E-state index contributed by atoms with van der Waals surface area (Å²) in [6, 6.07) is 103. The van der Waals surface area contributed by atoms with E-state index in [0.29, 0.717) is 13.2 Å². The van der Waals surface area contributed by atoms with Crippen molar-refractivity contribution in [1.82, 2.24) is 0 Å². The Balaban J connectivity index is 0.000000205. The molecule has 0 aliphatic carbocycles. The number of rotatable bonds is 23. The molecule has 12 rings (SSSR count). The SMILES string of the molecule is CC(C)(C)[O-].CCOP(=O)(Cc1ccc(N(c2ccc(C)cc2)c2ccc(C)cc2)cc1)OCC.Cc1ccc(N(c2ccc(C)cc2)c2ccc(/C=C/C=C/c3ccc(N(c4ccc(C)cc4)c4ccc(C)cc4)cc3)cc2)cc1.Cc1ccc(N(c2ccc(C)cc2)c2ccc(/C=C/C=O)cc2)cc1.[K+]. The van der Waals surface area contributed by atoms with E-state index in [9.17, 15) is 14.5 Å². The molecule has 0 saturated carbocycles. The number of aryl methyl sites for hydroxylation is 8. The van der Waals surface area contributed by atoms with E-state index in [1.807, 2.05) is 38.1 Å². The molecule has 0 unspecified atom stereocenters. The summed E-state index contributed by atoms with van der Waals surface area (Å²) < 4.78 is 23.7. The molecule has 9 nitrogen and oxygen atoms in total. The number of benzene rings is 12. The Morgan fingerprint density at radius 2 is 0.458 bits per heavy atom. The zero-order valence-electron chi connectivity index (χ0n) is 64.7. The molecule has 12 aromatic rings. The Kier molecular flexibility index (Phi) is 31.8. The summed E-state index contributed by atoms with van der Waals surface area (Å²) in [5.74, 6) is 0. The van der Waals surface area contributed by atoms with E-state index in [0.717, 1.165) is 96.8 Å². The number of hydrogen-bond acceptors (Lipinski definition) is 9. The first kappa shape index (κ1) is 83.1. The van der Waals surface area contributed by atoms with Gasteiger partial charge in [-0.15, -0.1) is 5.60 Å². The first-order valence-corrected chi connectivity index (χ1v) is 37.9. The average Bonchev–Trinajstić information content (AvgIpc) is 0.820. The van der Waals surface area contributed by atoms with Crippen molar-refractivity contribution in [3.8, 4) is 0 Å². The van der Waals surface area contributed by atoms with Crippen LogP contribution in [0.5, 0.6) is 0 Å². The maximum atomic E-state index is 12.9. The number of nitrogens with zero attached hydrogens (tertiary/aromatic N) is 4. The summed E-state index contributed by atoms with van der Waals surface area (Å²) in [5.41, 5.74) is 26.8. The van der Waals surface area contributed by atoms with E-state index in [1.165, 1.54) is 50.6 Å². The number of carbonyl (C=O) groups excluding carboxylic acids is 1. The Morgan fingerprint density at radius 3 is 0.626 bits per heavy atom. The second-order valence-corrected chi connectivity index (χ2v) is 29.5. The molecule has 0 fully saturated rings. The van der Waals surface area contributed by atoms with E-state index in [-0.39, 0.29) is 57.5 Å². The van der Waals surface area contributed by atoms with Crippen molar-refractivity contribution in [3.63, 3.8) is 0 Å². The topological polar surface area (TPSA) is 88.6 Å². The van der Waals surface area contributed by atoms with Crippen LogP contribution in [-0.2, 0) is 24.6 Å². The molecule has 0 N–H and O–H groups in total. The Hall–Kier alpha value is -9.52. The van der Waals surface area contributed by atoms with Crippen LogP contribution in [0.4, 0.5) is 68.2 Å². The number of anilines is 12. The van der Waals surface area contributed by atoms with Crippen molar-refractivity contribution in [2.24, 2.45) is 0 Å². The zero-order chi connectivity index (χ0) is 75.6. The molecule has 107 heavy (non-hydrogen) atoms. The van der Waals surface area contributed by atoms with Crippen LogP contribution in [0, 0.1) is 55.4 Å². The fourth-order valence-electron chi connectivity index (χ4n) is 11.5. The normalized spacial score (nSPS) is 11.2. The van der Waals surface area contributed by atoms with Gasteiger partial charge in [-0.2, -0.15) is 0 Å². The van der Waals surface area contributed by atoms with Gasteiger partial charge >= 0.3 is 59.0 Å². The van der Waals surface area contributed by atoms with Crippen molar-refractivity contribution in [3.05, 3.63) is 376 Å². The first-order chi connectivity index (χ1) is 51.0. The van der Waals surface area contributed by atoms with Crippen LogP contribution < -0.4 is 76.1 Å². The number of carbonyl (C=O) groups is 1. The Bertz CT molecular complexity index is 4470. The minimum absolute atomic E-state index is 0. The molecule has 0 aliphatic rings. The molecule has 0 bridgehead atoms. The minimum Gasteiger partial charge on any atom is -0.850 e. The Labute approximate surface area is 679 Å². The molecule has 11 heteroatoms. The Morgan fingerprint density at radius 1 is 0.299 bits per heavy atom. The fraction of sp³-hybridized carbons (Fsp3) is 0.177. The minimum atomic E-state index is -3.12. The van der Waals surface area contributed by atoms with Crippen LogP contribution in [0.15, 0.2) is 309 Å². The van der Waals surface area contributed by atoms with E-state index >= 15 is 0 Å². The van der Waals surface area contributed by atoms with Gasteiger partial charge in [0.05, 0.1) is 19.4 Å². The predicted octanol–water partition coefficient (Wildman–Crippen LogP) is 23.3. The third kappa shape index (κ3) is 25.9. The second-order valence-electron chi connectivity index (χ2n) is 27.4. The summed E-state index contributed by atoms with van der Waals surface area (Å²) in [6.07, 6.45) is 12.9. The maximum absolute atomic E-state index is 12.9. The van der Waals surface area contributed by atoms with E-state index in [1.54, 1.807) is 26.8 Å². The summed E-state index contributed by atoms with van der Waals surface area (Å²) in [5, 5.41) is 10.1. The summed E-state index contributed by atoms with van der Waals surface area (Å²) in [6.45, 7) is 26.1. The average molecular weight is 1460 g/mol. The van der Waals surface area contributed by atoms with Gasteiger partial charge in [0, 0.05) is 68.2 Å².